The van der Waals surface area contributed by atoms with Gasteiger partial charge in [-0.25, -0.2) is 9.97 Å². The van der Waals surface area contributed by atoms with E-state index in [0.717, 1.165) is 0 Å². The Morgan fingerprint density at radius 2 is 2.14 bits per heavy atom. The minimum atomic E-state index is 0.277. The fourth-order valence-electron chi connectivity index (χ4n) is 1.41. The smallest absolute Gasteiger partial charge is 0.148 e. The SMILES string of the molecule is Cn1c(N)c(C#N)c2c(N)ncnc21. The lowest BCUT2D eigenvalue weighted by Gasteiger charge is -1.96. The van der Waals surface area contributed by atoms with Crippen molar-refractivity contribution in [3.8, 4) is 6.07 Å². The Kier molecular flexibility index (Phi) is 1.54. The first-order valence-electron chi connectivity index (χ1n) is 3.91. The quantitative estimate of drug-likeness (QED) is 0.605. The number of nitrogen functional groups attached to an aromatic ring is 2. The van der Waals surface area contributed by atoms with Crippen molar-refractivity contribution in [3.05, 3.63) is 11.9 Å². The summed E-state index contributed by atoms with van der Waals surface area (Å²) in [6, 6.07) is 1.99. The maximum atomic E-state index is 8.90. The van der Waals surface area contributed by atoms with Gasteiger partial charge in [-0.15, -0.1) is 0 Å². The molecule has 0 aromatic carbocycles. The molecule has 2 rings (SSSR count). The number of nitrogens with two attached hydrogens (primary N) is 2. The van der Waals surface area contributed by atoms with Crippen LogP contribution in [0, 0.1) is 11.3 Å². The predicted octanol–water partition coefficient (Wildman–Crippen LogP) is 0.00438. The Hall–Kier alpha value is -2.29. The Balaban J connectivity index is 3.06. The third-order valence-electron chi connectivity index (χ3n) is 2.15. The highest BCUT2D eigenvalue weighted by Crippen LogP contribution is 2.27. The van der Waals surface area contributed by atoms with Crippen LogP contribution >= 0.6 is 0 Å². The highest BCUT2D eigenvalue weighted by atomic mass is 15.1. The predicted molar refractivity (Wildman–Crippen MR) is 52.0 cm³/mol. The second-order valence-electron chi connectivity index (χ2n) is 2.89. The zero-order valence-corrected chi connectivity index (χ0v) is 7.52. The molecule has 0 spiro atoms. The fourth-order valence-corrected chi connectivity index (χ4v) is 1.41. The van der Waals surface area contributed by atoms with Crippen molar-refractivity contribution in [2.75, 3.05) is 11.5 Å². The van der Waals surface area contributed by atoms with Crippen molar-refractivity contribution < 1.29 is 0 Å². The van der Waals surface area contributed by atoms with E-state index < -0.39 is 0 Å². The Labute approximate surface area is 79.8 Å². The molecule has 0 fully saturated rings. The van der Waals surface area contributed by atoms with E-state index in [0.29, 0.717) is 22.4 Å². The monoisotopic (exact) mass is 188 g/mol. The number of fused-ring (bicyclic) bond motifs is 1. The summed E-state index contributed by atoms with van der Waals surface area (Å²) in [7, 11) is 1.73. The standard InChI is InChI=1S/C8H8N6/c1-14-7(11)4(2-9)5-6(10)12-3-13-8(5)14/h3H,11H2,1H3,(H2,10,12,13). The van der Waals surface area contributed by atoms with Gasteiger partial charge in [-0.2, -0.15) is 5.26 Å². The third kappa shape index (κ3) is 0.835. The first-order chi connectivity index (χ1) is 6.66. The van der Waals surface area contributed by atoms with Gasteiger partial charge >= 0.3 is 0 Å². The first-order valence-corrected chi connectivity index (χ1v) is 3.91. The second kappa shape index (κ2) is 2.60. The van der Waals surface area contributed by atoms with E-state index in [4.69, 9.17) is 16.7 Å². The van der Waals surface area contributed by atoms with Crippen molar-refractivity contribution in [1.82, 2.24) is 14.5 Å². The van der Waals surface area contributed by atoms with E-state index in [1.165, 1.54) is 6.33 Å². The number of aromatic nitrogens is 3. The lowest BCUT2D eigenvalue weighted by molar-refractivity contribution is 0.955. The first kappa shape index (κ1) is 8.31. The summed E-state index contributed by atoms with van der Waals surface area (Å²) in [6.07, 6.45) is 1.35. The maximum absolute atomic E-state index is 8.90. The molecule has 2 aromatic heterocycles. The summed E-state index contributed by atoms with van der Waals surface area (Å²) in [4.78, 5) is 7.83. The zero-order chi connectivity index (χ0) is 10.3. The van der Waals surface area contributed by atoms with E-state index in [2.05, 4.69) is 9.97 Å². The van der Waals surface area contributed by atoms with Gasteiger partial charge in [0.25, 0.3) is 0 Å². The van der Waals surface area contributed by atoms with Crippen LogP contribution in [0.15, 0.2) is 6.33 Å². The Morgan fingerprint density at radius 3 is 2.79 bits per heavy atom. The Morgan fingerprint density at radius 1 is 1.43 bits per heavy atom. The van der Waals surface area contributed by atoms with Crippen LogP contribution in [0.5, 0.6) is 0 Å². The van der Waals surface area contributed by atoms with Gasteiger partial charge in [-0.3, -0.25) is 0 Å². The summed E-state index contributed by atoms with van der Waals surface area (Å²) in [5.41, 5.74) is 12.3. The molecule has 0 saturated heterocycles. The molecular formula is C8H8N6. The van der Waals surface area contributed by atoms with Gasteiger partial charge in [-0.1, -0.05) is 0 Å². The van der Waals surface area contributed by atoms with Gasteiger partial charge in [0.05, 0.1) is 5.39 Å². The van der Waals surface area contributed by atoms with Crippen LogP contribution in [0.1, 0.15) is 5.56 Å². The number of nitriles is 1. The van der Waals surface area contributed by atoms with E-state index in [1.807, 2.05) is 6.07 Å². The van der Waals surface area contributed by atoms with Crippen LogP contribution in [0.4, 0.5) is 11.6 Å². The molecule has 2 aromatic rings. The van der Waals surface area contributed by atoms with E-state index in [9.17, 15) is 0 Å². The number of rotatable bonds is 0. The van der Waals surface area contributed by atoms with Gasteiger partial charge in [0.15, 0.2) is 0 Å². The molecule has 0 radical (unpaired) electrons. The molecular weight excluding hydrogens is 180 g/mol. The van der Waals surface area contributed by atoms with Gasteiger partial charge in [0.1, 0.15) is 35.2 Å². The molecule has 0 saturated carbocycles. The van der Waals surface area contributed by atoms with Crippen LogP contribution in [0.2, 0.25) is 0 Å². The van der Waals surface area contributed by atoms with E-state index in [-0.39, 0.29) is 5.82 Å². The Bertz CT molecular complexity index is 547. The molecule has 0 bridgehead atoms. The number of hydrogen-bond acceptors (Lipinski definition) is 5. The topological polar surface area (TPSA) is 107 Å². The summed E-state index contributed by atoms with van der Waals surface area (Å²) in [5.74, 6) is 0.633. The highest BCUT2D eigenvalue weighted by molar-refractivity contribution is 5.96. The van der Waals surface area contributed by atoms with Crippen molar-refractivity contribution in [3.63, 3.8) is 0 Å². The number of anilines is 2. The van der Waals surface area contributed by atoms with Crippen LogP contribution in [0.25, 0.3) is 11.0 Å². The van der Waals surface area contributed by atoms with Gasteiger partial charge < -0.3 is 16.0 Å². The second-order valence-corrected chi connectivity index (χ2v) is 2.89. The largest absolute Gasteiger partial charge is 0.384 e. The molecule has 0 aliphatic rings. The summed E-state index contributed by atoms with van der Waals surface area (Å²) >= 11 is 0. The minimum absolute atomic E-state index is 0.277. The average Bonchev–Trinajstić information content (AvgIpc) is 2.43. The van der Waals surface area contributed by atoms with Gasteiger partial charge in [0.2, 0.25) is 0 Å². The summed E-state index contributed by atoms with van der Waals surface area (Å²) in [6.45, 7) is 0. The van der Waals surface area contributed by atoms with Crippen LogP contribution in [0.3, 0.4) is 0 Å². The van der Waals surface area contributed by atoms with Crippen LogP contribution in [-0.4, -0.2) is 14.5 Å². The molecule has 0 aliphatic carbocycles. The molecule has 2 heterocycles. The van der Waals surface area contributed by atoms with E-state index >= 15 is 0 Å². The number of nitrogens with zero attached hydrogens (tertiary/aromatic N) is 4. The van der Waals surface area contributed by atoms with Gasteiger partial charge in [0, 0.05) is 7.05 Å². The number of aryl methyl sites for hydroxylation is 1. The lowest BCUT2D eigenvalue weighted by Crippen LogP contribution is -1.97. The third-order valence-corrected chi connectivity index (χ3v) is 2.15. The molecule has 70 valence electrons. The van der Waals surface area contributed by atoms with Crippen molar-refractivity contribution in [1.29, 1.82) is 5.26 Å². The van der Waals surface area contributed by atoms with Crippen molar-refractivity contribution in [2.24, 2.45) is 7.05 Å². The molecule has 14 heavy (non-hydrogen) atoms. The zero-order valence-electron chi connectivity index (χ0n) is 7.52. The van der Waals surface area contributed by atoms with Crippen LogP contribution in [-0.2, 0) is 7.05 Å². The molecule has 0 unspecified atom stereocenters. The molecule has 6 heteroatoms. The number of hydrogen-bond donors (Lipinski definition) is 2. The lowest BCUT2D eigenvalue weighted by atomic mass is 10.2. The highest BCUT2D eigenvalue weighted by Gasteiger charge is 2.15. The maximum Gasteiger partial charge on any atom is 0.148 e. The summed E-state index contributed by atoms with van der Waals surface area (Å²) < 4.78 is 1.62. The molecule has 0 atom stereocenters. The minimum Gasteiger partial charge on any atom is -0.384 e. The summed E-state index contributed by atoms with van der Waals surface area (Å²) in [5, 5.41) is 9.42. The van der Waals surface area contributed by atoms with Crippen molar-refractivity contribution in [2.45, 2.75) is 0 Å². The van der Waals surface area contributed by atoms with Gasteiger partial charge in [-0.05, 0) is 0 Å². The van der Waals surface area contributed by atoms with E-state index in [1.54, 1.807) is 11.6 Å². The van der Waals surface area contributed by atoms with Crippen molar-refractivity contribution >= 4 is 22.7 Å². The molecule has 6 nitrogen and oxygen atoms in total. The fraction of sp³-hybridized carbons (Fsp3) is 0.125. The molecule has 4 N–H and O–H groups in total. The normalized spacial score (nSPS) is 10.3. The average molecular weight is 188 g/mol. The van der Waals surface area contributed by atoms with Crippen LogP contribution < -0.4 is 11.5 Å². The molecule has 0 amide bonds. The molecule has 0 aliphatic heterocycles.